The molecule has 1 atom stereocenters. The number of rotatable bonds is 5. The van der Waals surface area contributed by atoms with Crippen molar-refractivity contribution in [1.29, 1.82) is 0 Å². The Morgan fingerprint density at radius 3 is 2.67 bits per heavy atom. The van der Waals surface area contributed by atoms with Crippen LogP contribution in [0.25, 0.3) is 0 Å². The number of hydrogen-bond donors (Lipinski definition) is 2. The average molecular weight is 277 g/mol. The maximum absolute atomic E-state index is 4.42. The van der Waals surface area contributed by atoms with E-state index in [1.807, 2.05) is 12.3 Å². The van der Waals surface area contributed by atoms with Crippen LogP contribution in [0.2, 0.25) is 0 Å². The second kappa shape index (κ2) is 6.37. The molecule has 0 amide bonds. The van der Waals surface area contributed by atoms with Crippen LogP contribution in [0.4, 0.5) is 0 Å². The third kappa shape index (κ3) is 3.38. The zero-order chi connectivity index (χ0) is 14.5. The minimum Gasteiger partial charge on any atom is -0.347 e. The van der Waals surface area contributed by atoms with Gasteiger partial charge in [-0.15, -0.1) is 0 Å². The predicted molar refractivity (Wildman–Crippen MR) is 84.9 cm³/mol. The van der Waals surface area contributed by atoms with Gasteiger partial charge < -0.3 is 4.98 Å². The first kappa shape index (κ1) is 13.6. The van der Waals surface area contributed by atoms with Crippen molar-refractivity contribution in [3.05, 3.63) is 89.5 Å². The van der Waals surface area contributed by atoms with Gasteiger partial charge in [-0.05, 0) is 18.1 Å². The van der Waals surface area contributed by atoms with Crippen LogP contribution in [0.5, 0.6) is 0 Å². The summed E-state index contributed by atoms with van der Waals surface area (Å²) in [5.41, 5.74) is 3.74. The lowest BCUT2D eigenvalue weighted by molar-refractivity contribution is 0.580. The fourth-order valence-electron chi connectivity index (χ4n) is 2.47. The Morgan fingerprint density at radius 2 is 1.95 bits per heavy atom. The van der Waals surface area contributed by atoms with Gasteiger partial charge in [0.2, 0.25) is 0 Å². The molecule has 3 heteroatoms. The zero-order valence-electron chi connectivity index (χ0n) is 12.1. The van der Waals surface area contributed by atoms with Gasteiger partial charge in [0.15, 0.2) is 0 Å². The number of aromatic nitrogens is 2. The molecule has 1 heterocycles. The van der Waals surface area contributed by atoms with Crippen molar-refractivity contribution in [3.8, 4) is 0 Å². The molecule has 106 valence electrons. The highest BCUT2D eigenvalue weighted by molar-refractivity contribution is 5.29. The largest absolute Gasteiger partial charge is 0.347 e. The minimum absolute atomic E-state index is 0.0695. The van der Waals surface area contributed by atoms with E-state index in [9.17, 15) is 0 Å². The van der Waals surface area contributed by atoms with Gasteiger partial charge in [0.05, 0.1) is 6.04 Å². The van der Waals surface area contributed by atoms with Crippen LogP contribution in [0.15, 0.2) is 67.0 Å². The molecule has 3 rings (SSSR count). The number of benzene rings is 2. The monoisotopic (exact) mass is 277 g/mol. The summed E-state index contributed by atoms with van der Waals surface area (Å²) in [4.78, 5) is 7.63. The van der Waals surface area contributed by atoms with E-state index in [2.05, 4.69) is 70.7 Å². The van der Waals surface area contributed by atoms with Gasteiger partial charge in [-0.3, -0.25) is 5.32 Å². The Kier molecular flexibility index (Phi) is 4.12. The van der Waals surface area contributed by atoms with Gasteiger partial charge in [-0.2, -0.15) is 0 Å². The quantitative estimate of drug-likeness (QED) is 0.748. The fraction of sp³-hybridized carbons (Fsp3) is 0.167. The van der Waals surface area contributed by atoms with E-state index in [1.54, 1.807) is 6.20 Å². The first-order chi connectivity index (χ1) is 10.3. The average Bonchev–Trinajstić information content (AvgIpc) is 3.03. The molecule has 2 aromatic carbocycles. The molecule has 21 heavy (non-hydrogen) atoms. The molecule has 0 aliphatic heterocycles. The normalized spacial score (nSPS) is 12.2. The summed E-state index contributed by atoms with van der Waals surface area (Å²) in [5, 5.41) is 3.59. The first-order valence-electron chi connectivity index (χ1n) is 7.16. The maximum Gasteiger partial charge on any atom is 0.127 e. The van der Waals surface area contributed by atoms with E-state index in [0.717, 1.165) is 12.4 Å². The number of aryl methyl sites for hydroxylation is 1. The van der Waals surface area contributed by atoms with Gasteiger partial charge in [0, 0.05) is 18.9 Å². The van der Waals surface area contributed by atoms with Gasteiger partial charge >= 0.3 is 0 Å². The molecule has 3 nitrogen and oxygen atoms in total. The van der Waals surface area contributed by atoms with Crippen LogP contribution in [0.3, 0.4) is 0 Å². The summed E-state index contributed by atoms with van der Waals surface area (Å²) in [6.07, 6.45) is 3.66. The molecule has 2 N–H and O–H groups in total. The minimum atomic E-state index is 0.0695. The van der Waals surface area contributed by atoms with Crippen molar-refractivity contribution < 1.29 is 0 Å². The smallest absolute Gasteiger partial charge is 0.127 e. The molecule has 0 aliphatic carbocycles. The summed E-state index contributed by atoms with van der Waals surface area (Å²) in [5.74, 6) is 0.941. The van der Waals surface area contributed by atoms with Crippen LogP contribution in [0, 0.1) is 6.92 Å². The SMILES string of the molecule is Cc1cccc(C(NCc2ccccc2)c2ncc[nH]2)c1. The summed E-state index contributed by atoms with van der Waals surface area (Å²) in [6, 6.07) is 19.0. The van der Waals surface area contributed by atoms with E-state index in [4.69, 9.17) is 0 Å². The highest BCUT2D eigenvalue weighted by atomic mass is 15.0. The van der Waals surface area contributed by atoms with Crippen LogP contribution < -0.4 is 5.32 Å². The van der Waals surface area contributed by atoms with Crippen molar-refractivity contribution in [3.63, 3.8) is 0 Å². The van der Waals surface area contributed by atoms with E-state index in [-0.39, 0.29) is 6.04 Å². The molecule has 0 saturated heterocycles. The Balaban J connectivity index is 1.83. The maximum atomic E-state index is 4.42. The summed E-state index contributed by atoms with van der Waals surface area (Å²) >= 11 is 0. The lowest BCUT2D eigenvalue weighted by Gasteiger charge is -2.18. The molecule has 1 unspecified atom stereocenters. The molecular weight excluding hydrogens is 258 g/mol. The van der Waals surface area contributed by atoms with E-state index in [1.165, 1.54) is 16.7 Å². The van der Waals surface area contributed by atoms with Gasteiger partial charge in [0.1, 0.15) is 5.82 Å². The number of nitrogens with one attached hydrogen (secondary N) is 2. The molecule has 0 fully saturated rings. The van der Waals surface area contributed by atoms with Gasteiger partial charge in [0.25, 0.3) is 0 Å². The Morgan fingerprint density at radius 1 is 1.10 bits per heavy atom. The molecule has 0 radical (unpaired) electrons. The molecule has 0 spiro atoms. The third-order valence-corrected chi connectivity index (χ3v) is 3.52. The fourth-order valence-corrected chi connectivity index (χ4v) is 2.47. The van der Waals surface area contributed by atoms with Crippen LogP contribution in [-0.4, -0.2) is 9.97 Å². The van der Waals surface area contributed by atoms with Gasteiger partial charge in [-0.1, -0.05) is 60.2 Å². The van der Waals surface area contributed by atoms with Crippen molar-refractivity contribution in [2.75, 3.05) is 0 Å². The summed E-state index contributed by atoms with van der Waals surface area (Å²) in [7, 11) is 0. The number of nitrogens with zero attached hydrogens (tertiary/aromatic N) is 1. The first-order valence-corrected chi connectivity index (χ1v) is 7.16. The van der Waals surface area contributed by atoms with Crippen molar-refractivity contribution >= 4 is 0 Å². The van der Waals surface area contributed by atoms with Crippen molar-refractivity contribution in [1.82, 2.24) is 15.3 Å². The number of aromatic amines is 1. The van der Waals surface area contributed by atoms with E-state index < -0.39 is 0 Å². The number of imidazole rings is 1. The standard InChI is InChI=1S/C18H19N3/c1-14-6-5-9-16(12-14)17(18-19-10-11-20-18)21-13-15-7-3-2-4-8-15/h2-12,17,21H,13H2,1H3,(H,19,20). The molecule has 0 aliphatic rings. The molecule has 0 saturated carbocycles. The third-order valence-electron chi connectivity index (χ3n) is 3.52. The summed E-state index contributed by atoms with van der Waals surface area (Å²) in [6.45, 7) is 2.92. The van der Waals surface area contributed by atoms with Crippen LogP contribution in [-0.2, 0) is 6.54 Å². The molecule has 1 aromatic heterocycles. The lowest BCUT2D eigenvalue weighted by atomic mass is 10.0. The van der Waals surface area contributed by atoms with Crippen molar-refractivity contribution in [2.45, 2.75) is 19.5 Å². The van der Waals surface area contributed by atoms with Crippen LogP contribution in [0.1, 0.15) is 28.6 Å². The Bertz CT molecular complexity index is 675. The lowest BCUT2D eigenvalue weighted by Crippen LogP contribution is -2.23. The molecule has 0 bridgehead atoms. The zero-order valence-corrected chi connectivity index (χ0v) is 12.1. The predicted octanol–water partition coefficient (Wildman–Crippen LogP) is 3.60. The van der Waals surface area contributed by atoms with E-state index >= 15 is 0 Å². The number of hydrogen-bond acceptors (Lipinski definition) is 2. The Labute approximate surface area is 125 Å². The molecule has 3 aromatic rings. The highest BCUT2D eigenvalue weighted by Gasteiger charge is 2.15. The van der Waals surface area contributed by atoms with Gasteiger partial charge in [-0.25, -0.2) is 4.98 Å². The van der Waals surface area contributed by atoms with Crippen molar-refractivity contribution in [2.24, 2.45) is 0 Å². The highest BCUT2D eigenvalue weighted by Crippen LogP contribution is 2.20. The second-order valence-corrected chi connectivity index (χ2v) is 5.19. The summed E-state index contributed by atoms with van der Waals surface area (Å²) < 4.78 is 0. The molecular formula is C18H19N3. The van der Waals surface area contributed by atoms with Crippen LogP contribution >= 0.6 is 0 Å². The Hall–Kier alpha value is -2.39. The second-order valence-electron chi connectivity index (χ2n) is 5.19. The topological polar surface area (TPSA) is 40.7 Å². The van der Waals surface area contributed by atoms with E-state index in [0.29, 0.717) is 0 Å². The number of H-pyrrole nitrogens is 1.